The molecule has 5 heteroatoms. The SMILES string of the molecule is CC(C(=O)NC(CCO)C1CC1)c1ccc(Cl)s1. The average molecular weight is 288 g/mol. The van der Waals surface area contributed by atoms with Crippen LogP contribution in [0.15, 0.2) is 12.1 Å². The van der Waals surface area contributed by atoms with E-state index >= 15 is 0 Å². The van der Waals surface area contributed by atoms with Gasteiger partial charge in [-0.05, 0) is 44.2 Å². The third-order valence-corrected chi connectivity index (χ3v) is 4.79. The minimum Gasteiger partial charge on any atom is -0.396 e. The highest BCUT2D eigenvalue weighted by molar-refractivity contribution is 7.16. The zero-order valence-corrected chi connectivity index (χ0v) is 11.9. The molecule has 1 fully saturated rings. The molecule has 18 heavy (non-hydrogen) atoms. The molecular weight excluding hydrogens is 270 g/mol. The maximum absolute atomic E-state index is 12.1. The summed E-state index contributed by atoms with van der Waals surface area (Å²) in [5.41, 5.74) is 0. The maximum atomic E-state index is 12.1. The van der Waals surface area contributed by atoms with E-state index in [0.29, 0.717) is 16.7 Å². The summed E-state index contributed by atoms with van der Waals surface area (Å²) in [6.45, 7) is 2.01. The Labute approximate surface area is 116 Å². The summed E-state index contributed by atoms with van der Waals surface area (Å²) in [7, 11) is 0. The molecule has 1 aliphatic rings. The Kier molecular flexibility index (Phi) is 4.65. The van der Waals surface area contributed by atoms with Gasteiger partial charge in [0.05, 0.1) is 10.3 Å². The number of thiophene rings is 1. The molecule has 2 atom stereocenters. The lowest BCUT2D eigenvalue weighted by atomic mass is 10.1. The predicted octanol–water partition coefficient (Wildman–Crippen LogP) is 2.78. The van der Waals surface area contributed by atoms with E-state index in [0.717, 1.165) is 17.7 Å². The minimum absolute atomic E-state index is 0.0267. The van der Waals surface area contributed by atoms with Crippen LogP contribution < -0.4 is 5.32 Å². The summed E-state index contributed by atoms with van der Waals surface area (Å²) in [5.74, 6) is 0.404. The first-order valence-electron chi connectivity index (χ1n) is 6.28. The molecule has 2 unspecified atom stereocenters. The molecule has 1 amide bonds. The molecule has 1 aromatic rings. The van der Waals surface area contributed by atoms with Crippen molar-refractivity contribution in [2.45, 2.75) is 38.1 Å². The molecule has 0 radical (unpaired) electrons. The Bertz CT molecular complexity index is 417. The zero-order chi connectivity index (χ0) is 13.1. The zero-order valence-electron chi connectivity index (χ0n) is 10.4. The van der Waals surface area contributed by atoms with Gasteiger partial charge >= 0.3 is 0 Å². The van der Waals surface area contributed by atoms with Crippen molar-refractivity contribution in [3.05, 3.63) is 21.3 Å². The minimum atomic E-state index is -0.178. The first-order chi connectivity index (χ1) is 8.61. The number of hydrogen-bond donors (Lipinski definition) is 2. The molecule has 1 aromatic heterocycles. The normalized spacial score (nSPS) is 18.4. The molecule has 0 aliphatic heterocycles. The molecule has 0 aromatic carbocycles. The van der Waals surface area contributed by atoms with Gasteiger partial charge in [-0.25, -0.2) is 0 Å². The highest BCUT2D eigenvalue weighted by atomic mass is 35.5. The quantitative estimate of drug-likeness (QED) is 0.845. The standard InChI is InChI=1S/C13H18ClNO2S/c1-8(11-4-5-12(14)18-11)13(17)15-10(6-7-16)9-2-3-9/h4-5,8-10,16H,2-3,6-7H2,1H3,(H,15,17). The van der Waals surface area contributed by atoms with Gasteiger partial charge in [-0.15, -0.1) is 11.3 Å². The molecule has 3 nitrogen and oxygen atoms in total. The van der Waals surface area contributed by atoms with Crippen LogP contribution in [0.25, 0.3) is 0 Å². The Morgan fingerprint density at radius 3 is 2.83 bits per heavy atom. The van der Waals surface area contributed by atoms with Crippen LogP contribution in [0.2, 0.25) is 4.34 Å². The van der Waals surface area contributed by atoms with Gasteiger partial charge in [-0.1, -0.05) is 11.6 Å². The van der Waals surface area contributed by atoms with E-state index in [1.54, 1.807) is 0 Å². The van der Waals surface area contributed by atoms with Gasteiger partial charge in [0, 0.05) is 17.5 Å². The molecule has 100 valence electrons. The van der Waals surface area contributed by atoms with Crippen LogP contribution in [0.5, 0.6) is 0 Å². The van der Waals surface area contributed by atoms with Crippen molar-refractivity contribution in [2.24, 2.45) is 5.92 Å². The molecule has 0 bridgehead atoms. The highest BCUT2D eigenvalue weighted by Gasteiger charge is 2.32. The summed E-state index contributed by atoms with van der Waals surface area (Å²) in [6.07, 6.45) is 2.96. The molecule has 1 heterocycles. The van der Waals surface area contributed by atoms with Gasteiger partial charge in [-0.3, -0.25) is 4.79 Å². The van der Waals surface area contributed by atoms with Gasteiger partial charge in [0.2, 0.25) is 5.91 Å². The fourth-order valence-corrected chi connectivity index (χ4v) is 3.17. The summed E-state index contributed by atoms with van der Waals surface area (Å²) >= 11 is 7.32. The van der Waals surface area contributed by atoms with Crippen molar-refractivity contribution < 1.29 is 9.90 Å². The third kappa shape index (κ3) is 3.46. The highest BCUT2D eigenvalue weighted by Crippen LogP contribution is 2.34. The number of halogens is 1. The van der Waals surface area contributed by atoms with Crippen molar-refractivity contribution in [1.82, 2.24) is 5.32 Å². The third-order valence-electron chi connectivity index (χ3n) is 3.37. The topological polar surface area (TPSA) is 49.3 Å². The largest absolute Gasteiger partial charge is 0.396 e. The van der Waals surface area contributed by atoms with Crippen molar-refractivity contribution in [1.29, 1.82) is 0 Å². The van der Waals surface area contributed by atoms with E-state index in [1.807, 2.05) is 19.1 Å². The summed E-state index contributed by atoms with van der Waals surface area (Å²) < 4.78 is 0.707. The van der Waals surface area contributed by atoms with Crippen molar-refractivity contribution in [3.8, 4) is 0 Å². The Hall–Kier alpha value is -0.580. The first kappa shape index (κ1) is 13.8. The van der Waals surface area contributed by atoms with Crippen LogP contribution in [-0.2, 0) is 4.79 Å². The maximum Gasteiger partial charge on any atom is 0.228 e. The molecular formula is C13H18ClNO2S. The van der Waals surface area contributed by atoms with Crippen LogP contribution in [0.1, 0.15) is 37.0 Å². The number of nitrogens with one attached hydrogen (secondary N) is 1. The summed E-state index contributed by atoms with van der Waals surface area (Å²) in [5, 5.41) is 12.1. The molecule has 2 rings (SSSR count). The van der Waals surface area contributed by atoms with Gasteiger partial charge < -0.3 is 10.4 Å². The van der Waals surface area contributed by atoms with Crippen molar-refractivity contribution in [2.75, 3.05) is 6.61 Å². The van der Waals surface area contributed by atoms with E-state index in [-0.39, 0.29) is 24.5 Å². The van der Waals surface area contributed by atoms with Crippen LogP contribution in [0.4, 0.5) is 0 Å². The number of carbonyl (C=O) groups excluding carboxylic acids is 1. The molecule has 0 saturated heterocycles. The second-order valence-corrected chi connectivity index (χ2v) is 6.58. The van der Waals surface area contributed by atoms with Gasteiger partial charge in [0.25, 0.3) is 0 Å². The van der Waals surface area contributed by atoms with Crippen molar-refractivity contribution >= 4 is 28.8 Å². The van der Waals surface area contributed by atoms with E-state index in [1.165, 1.54) is 11.3 Å². The molecule has 1 saturated carbocycles. The van der Waals surface area contributed by atoms with Crippen LogP contribution >= 0.6 is 22.9 Å². The number of carbonyl (C=O) groups is 1. The molecule has 2 N–H and O–H groups in total. The van der Waals surface area contributed by atoms with Crippen LogP contribution in [-0.4, -0.2) is 23.7 Å². The number of aliphatic hydroxyl groups excluding tert-OH is 1. The van der Waals surface area contributed by atoms with Crippen LogP contribution in [0, 0.1) is 5.92 Å². The van der Waals surface area contributed by atoms with E-state index in [9.17, 15) is 4.79 Å². The number of aliphatic hydroxyl groups is 1. The van der Waals surface area contributed by atoms with Gasteiger partial charge in [0.1, 0.15) is 0 Å². The fourth-order valence-electron chi connectivity index (χ4n) is 2.06. The fraction of sp³-hybridized carbons (Fsp3) is 0.615. The molecule has 0 spiro atoms. The Balaban J connectivity index is 1.93. The average Bonchev–Trinajstić information content (AvgIpc) is 3.10. The Morgan fingerprint density at radius 2 is 2.33 bits per heavy atom. The van der Waals surface area contributed by atoms with Gasteiger partial charge in [0.15, 0.2) is 0 Å². The summed E-state index contributed by atoms with van der Waals surface area (Å²) in [4.78, 5) is 13.1. The van der Waals surface area contributed by atoms with Gasteiger partial charge in [-0.2, -0.15) is 0 Å². The first-order valence-corrected chi connectivity index (χ1v) is 7.47. The van der Waals surface area contributed by atoms with E-state index in [2.05, 4.69) is 5.32 Å². The predicted molar refractivity (Wildman–Crippen MR) is 74.1 cm³/mol. The molecule has 1 aliphatic carbocycles. The number of rotatable bonds is 6. The van der Waals surface area contributed by atoms with Crippen LogP contribution in [0.3, 0.4) is 0 Å². The monoisotopic (exact) mass is 287 g/mol. The Morgan fingerprint density at radius 1 is 1.61 bits per heavy atom. The lowest BCUT2D eigenvalue weighted by Gasteiger charge is -2.19. The van der Waals surface area contributed by atoms with E-state index < -0.39 is 0 Å². The second kappa shape index (κ2) is 6.04. The number of hydrogen-bond acceptors (Lipinski definition) is 3. The smallest absolute Gasteiger partial charge is 0.228 e. The lowest BCUT2D eigenvalue weighted by molar-refractivity contribution is -0.123. The number of amides is 1. The van der Waals surface area contributed by atoms with E-state index in [4.69, 9.17) is 16.7 Å². The van der Waals surface area contributed by atoms with Crippen molar-refractivity contribution in [3.63, 3.8) is 0 Å². The summed E-state index contributed by atoms with van der Waals surface area (Å²) in [6, 6.07) is 3.84. The second-order valence-electron chi connectivity index (χ2n) is 4.83. The lowest BCUT2D eigenvalue weighted by Crippen LogP contribution is -2.39.